The maximum absolute atomic E-state index is 13.2. The quantitative estimate of drug-likeness (QED) is 0.284. The van der Waals surface area contributed by atoms with Crippen molar-refractivity contribution in [2.75, 3.05) is 0 Å². The molecule has 0 saturated carbocycles. The van der Waals surface area contributed by atoms with E-state index in [9.17, 15) is 18.0 Å². The van der Waals surface area contributed by atoms with Gasteiger partial charge in [0.25, 0.3) is 0 Å². The van der Waals surface area contributed by atoms with Gasteiger partial charge in [-0.25, -0.2) is 9.48 Å². The van der Waals surface area contributed by atoms with E-state index in [1.54, 1.807) is 36.7 Å². The Labute approximate surface area is 222 Å². The third kappa shape index (κ3) is 4.66. The van der Waals surface area contributed by atoms with Crippen molar-refractivity contribution in [3.8, 4) is 33.6 Å². The average Bonchev–Trinajstić information content (AvgIpc) is 3.58. The normalized spacial score (nSPS) is 11.8. The van der Waals surface area contributed by atoms with Crippen LogP contribution in [0.4, 0.5) is 13.2 Å². The SMILES string of the molecule is O=c1n(Cc2ccc(C(F)(F)F)nc2)nc2c(-c3ccc(-c4ccon4)nc3)c(-c3ccc(Cl)cc3)cnn12. The van der Waals surface area contributed by atoms with Crippen LogP contribution in [0.25, 0.3) is 39.3 Å². The number of pyridine rings is 2. The van der Waals surface area contributed by atoms with Crippen molar-refractivity contribution in [2.45, 2.75) is 12.7 Å². The zero-order chi connectivity index (χ0) is 27.1. The van der Waals surface area contributed by atoms with Gasteiger partial charge in [-0.1, -0.05) is 41.0 Å². The zero-order valence-corrected chi connectivity index (χ0v) is 20.4. The molecule has 9 nitrogen and oxygen atoms in total. The summed E-state index contributed by atoms with van der Waals surface area (Å²) in [6.45, 7) is -0.105. The van der Waals surface area contributed by atoms with Gasteiger partial charge < -0.3 is 4.52 Å². The summed E-state index contributed by atoms with van der Waals surface area (Å²) in [5.74, 6) is 0. The number of fused-ring (bicyclic) bond motifs is 1. The van der Waals surface area contributed by atoms with E-state index in [0.717, 1.165) is 27.0 Å². The van der Waals surface area contributed by atoms with Crippen LogP contribution in [0.3, 0.4) is 0 Å². The van der Waals surface area contributed by atoms with E-state index in [2.05, 4.69) is 25.3 Å². The van der Waals surface area contributed by atoms with E-state index >= 15 is 0 Å². The molecule has 0 bridgehead atoms. The van der Waals surface area contributed by atoms with Crippen LogP contribution in [-0.2, 0) is 12.7 Å². The Balaban J connectivity index is 1.48. The molecule has 0 saturated heterocycles. The van der Waals surface area contributed by atoms with Crippen molar-refractivity contribution in [2.24, 2.45) is 0 Å². The summed E-state index contributed by atoms with van der Waals surface area (Å²) in [6, 6.07) is 14.5. The minimum Gasteiger partial charge on any atom is -0.364 e. The van der Waals surface area contributed by atoms with E-state index < -0.39 is 17.6 Å². The van der Waals surface area contributed by atoms with Gasteiger partial charge in [0.15, 0.2) is 5.65 Å². The minimum atomic E-state index is -4.56. The summed E-state index contributed by atoms with van der Waals surface area (Å²) < 4.78 is 45.9. The van der Waals surface area contributed by atoms with Crippen LogP contribution in [0.5, 0.6) is 0 Å². The van der Waals surface area contributed by atoms with Gasteiger partial charge >= 0.3 is 11.9 Å². The van der Waals surface area contributed by atoms with Crippen molar-refractivity contribution < 1.29 is 17.7 Å². The van der Waals surface area contributed by atoms with Crippen molar-refractivity contribution in [1.29, 1.82) is 0 Å². The molecular weight excluding hydrogens is 535 g/mol. The highest BCUT2D eigenvalue weighted by atomic mass is 35.5. The van der Waals surface area contributed by atoms with E-state index in [-0.39, 0.29) is 12.2 Å². The highest BCUT2D eigenvalue weighted by molar-refractivity contribution is 6.30. The Hall–Kier alpha value is -4.84. The Morgan fingerprint density at radius 2 is 1.67 bits per heavy atom. The average molecular weight is 550 g/mol. The van der Waals surface area contributed by atoms with Crippen molar-refractivity contribution in [1.82, 2.24) is 34.5 Å². The summed E-state index contributed by atoms with van der Waals surface area (Å²) >= 11 is 6.09. The molecule has 6 aromatic rings. The molecule has 194 valence electrons. The molecule has 0 atom stereocenters. The molecule has 0 unspecified atom stereocenters. The molecule has 0 amide bonds. The highest BCUT2D eigenvalue weighted by Gasteiger charge is 2.32. The maximum Gasteiger partial charge on any atom is 0.433 e. The zero-order valence-electron chi connectivity index (χ0n) is 19.7. The van der Waals surface area contributed by atoms with E-state index in [1.807, 2.05) is 18.2 Å². The predicted molar refractivity (Wildman–Crippen MR) is 135 cm³/mol. The van der Waals surface area contributed by atoms with Crippen LogP contribution in [0.1, 0.15) is 11.3 Å². The molecule has 5 aromatic heterocycles. The minimum absolute atomic E-state index is 0.105. The molecular formula is C26H15ClF3N7O2. The van der Waals surface area contributed by atoms with Crippen LogP contribution in [0, 0.1) is 0 Å². The molecule has 5 heterocycles. The molecule has 0 spiro atoms. The third-order valence-electron chi connectivity index (χ3n) is 5.97. The highest BCUT2D eigenvalue weighted by Crippen LogP contribution is 2.35. The van der Waals surface area contributed by atoms with Crippen molar-refractivity contribution >= 4 is 17.2 Å². The largest absolute Gasteiger partial charge is 0.433 e. The fourth-order valence-electron chi connectivity index (χ4n) is 4.09. The first-order valence-corrected chi connectivity index (χ1v) is 11.8. The number of hydrogen-bond donors (Lipinski definition) is 0. The fourth-order valence-corrected chi connectivity index (χ4v) is 4.22. The third-order valence-corrected chi connectivity index (χ3v) is 6.22. The first-order valence-electron chi connectivity index (χ1n) is 11.4. The van der Waals surface area contributed by atoms with Crippen molar-refractivity contribution in [3.05, 3.63) is 106 Å². The molecule has 0 N–H and O–H groups in total. The van der Waals surface area contributed by atoms with E-state index in [4.69, 9.17) is 16.1 Å². The van der Waals surface area contributed by atoms with Gasteiger partial charge in [0.2, 0.25) is 0 Å². The first-order chi connectivity index (χ1) is 18.8. The van der Waals surface area contributed by atoms with Gasteiger partial charge in [-0.15, -0.1) is 5.10 Å². The molecule has 13 heteroatoms. The van der Waals surface area contributed by atoms with E-state index in [1.165, 1.54) is 12.3 Å². The molecule has 0 fully saturated rings. The fraction of sp³-hybridized carbons (Fsp3) is 0.0769. The number of aromatic nitrogens is 7. The lowest BCUT2D eigenvalue weighted by atomic mass is 9.98. The van der Waals surface area contributed by atoms with Crippen molar-refractivity contribution in [3.63, 3.8) is 0 Å². The smallest absolute Gasteiger partial charge is 0.364 e. The maximum atomic E-state index is 13.2. The van der Waals surface area contributed by atoms with Crippen LogP contribution in [0.2, 0.25) is 5.02 Å². The van der Waals surface area contributed by atoms with E-state index in [0.29, 0.717) is 38.7 Å². The molecule has 0 aliphatic rings. The second-order valence-corrected chi connectivity index (χ2v) is 8.92. The number of benzene rings is 1. The number of halogens is 4. The summed E-state index contributed by atoms with van der Waals surface area (Å²) in [6.07, 6.45) is 1.12. The Morgan fingerprint density at radius 3 is 2.31 bits per heavy atom. The number of rotatable bonds is 5. The van der Waals surface area contributed by atoms with Gasteiger partial charge in [-0.3, -0.25) is 9.97 Å². The van der Waals surface area contributed by atoms with Gasteiger partial charge in [0.1, 0.15) is 17.7 Å². The van der Waals surface area contributed by atoms with Crippen LogP contribution >= 0.6 is 11.6 Å². The van der Waals surface area contributed by atoms with Gasteiger partial charge in [-0.05, 0) is 35.4 Å². The number of alkyl halides is 3. The van der Waals surface area contributed by atoms with Gasteiger partial charge in [0.05, 0.1) is 18.4 Å². The number of nitrogens with zero attached hydrogens (tertiary/aromatic N) is 7. The standard InChI is InChI=1S/C26H15ClF3N7O2/c27-18-5-2-16(3-6-18)19-13-33-37-24(23(19)17-4-7-20(31-12-17)21-9-10-39-35-21)34-36(25(37)38)14-15-1-8-22(32-11-15)26(28,29)30/h1-13H,14H2. The second kappa shape index (κ2) is 9.48. The molecule has 6 rings (SSSR count). The summed E-state index contributed by atoms with van der Waals surface area (Å²) in [5.41, 5.74) is 2.83. The number of hydrogen-bond acceptors (Lipinski definition) is 7. The van der Waals surface area contributed by atoms with Gasteiger partial charge in [0, 0.05) is 40.2 Å². The van der Waals surface area contributed by atoms with Gasteiger partial charge in [-0.2, -0.15) is 22.8 Å². The first kappa shape index (κ1) is 24.5. The topological polar surface area (TPSA) is 104 Å². The molecule has 39 heavy (non-hydrogen) atoms. The molecule has 0 aliphatic carbocycles. The van der Waals surface area contributed by atoms with Crippen LogP contribution < -0.4 is 5.69 Å². The van der Waals surface area contributed by atoms with Crippen LogP contribution in [-0.4, -0.2) is 34.5 Å². The predicted octanol–water partition coefficient (Wildman–Crippen LogP) is 5.39. The lowest BCUT2D eigenvalue weighted by Gasteiger charge is -2.11. The second-order valence-electron chi connectivity index (χ2n) is 8.48. The summed E-state index contributed by atoms with van der Waals surface area (Å²) in [5, 5.41) is 13.3. The molecule has 0 aliphatic heterocycles. The van der Waals surface area contributed by atoms with Crippen LogP contribution in [0.15, 0.2) is 88.8 Å². The lowest BCUT2D eigenvalue weighted by Crippen LogP contribution is -2.23. The Kier molecular flexibility index (Phi) is 5.95. The lowest BCUT2D eigenvalue weighted by molar-refractivity contribution is -0.141. The monoisotopic (exact) mass is 549 g/mol. The summed E-state index contributed by atoms with van der Waals surface area (Å²) in [7, 11) is 0. The molecule has 1 aromatic carbocycles. The Morgan fingerprint density at radius 1 is 0.872 bits per heavy atom. The summed E-state index contributed by atoms with van der Waals surface area (Å²) in [4.78, 5) is 21.1. The Bertz CT molecular complexity index is 1830. The molecule has 0 radical (unpaired) electrons.